The van der Waals surface area contributed by atoms with Crippen LogP contribution in [0, 0.1) is 0 Å². The molecule has 1 amide bonds. The average Bonchev–Trinajstić information content (AvgIpc) is 3.13. The quantitative estimate of drug-likeness (QED) is 0.820. The molecule has 1 unspecified atom stereocenters. The molecule has 7 nitrogen and oxygen atoms in total. The minimum atomic E-state index is -0.276. The van der Waals surface area contributed by atoms with E-state index >= 15 is 0 Å². The highest BCUT2D eigenvalue weighted by Gasteiger charge is 2.19. The maximum Gasteiger partial charge on any atom is 0.273 e. The summed E-state index contributed by atoms with van der Waals surface area (Å²) in [6, 6.07) is 7.70. The predicted octanol–water partition coefficient (Wildman–Crippen LogP) is 1.97. The van der Waals surface area contributed by atoms with Gasteiger partial charge >= 0.3 is 0 Å². The topological polar surface area (TPSA) is 81.1 Å². The Morgan fingerprint density at radius 2 is 2.28 bits per heavy atom. The third kappa shape index (κ3) is 4.56. The Kier molecular flexibility index (Phi) is 6.01. The summed E-state index contributed by atoms with van der Waals surface area (Å²) in [5.41, 5.74) is 1.23. The molecule has 2 aromatic rings. The minimum absolute atomic E-state index is 0.260. The Labute approximate surface area is 151 Å². The van der Waals surface area contributed by atoms with Gasteiger partial charge in [0.05, 0.1) is 18.3 Å². The van der Waals surface area contributed by atoms with Crippen molar-refractivity contribution in [2.45, 2.75) is 25.0 Å². The molecule has 1 aromatic carbocycles. The molecule has 0 aliphatic carbocycles. The lowest BCUT2D eigenvalue weighted by Gasteiger charge is -2.22. The van der Waals surface area contributed by atoms with E-state index in [0.717, 1.165) is 31.5 Å². The van der Waals surface area contributed by atoms with E-state index in [1.165, 1.54) is 0 Å². The molecule has 0 bridgehead atoms. The molecule has 2 heterocycles. The van der Waals surface area contributed by atoms with E-state index in [0.29, 0.717) is 23.3 Å². The maximum absolute atomic E-state index is 12.3. The van der Waals surface area contributed by atoms with E-state index in [1.807, 2.05) is 18.2 Å². The number of rotatable bonds is 6. The first-order chi connectivity index (χ1) is 12.2. The van der Waals surface area contributed by atoms with E-state index in [4.69, 9.17) is 16.3 Å². The molecule has 1 aromatic heterocycles. The Hall–Kier alpha value is -1.96. The van der Waals surface area contributed by atoms with Crippen molar-refractivity contribution in [3.05, 3.63) is 46.7 Å². The van der Waals surface area contributed by atoms with Gasteiger partial charge < -0.3 is 15.4 Å². The van der Waals surface area contributed by atoms with Crippen molar-refractivity contribution in [3.63, 3.8) is 0 Å². The highest BCUT2D eigenvalue weighted by Crippen LogP contribution is 2.20. The van der Waals surface area contributed by atoms with Crippen LogP contribution in [0.2, 0.25) is 5.02 Å². The fourth-order valence-electron chi connectivity index (χ4n) is 2.95. The van der Waals surface area contributed by atoms with Gasteiger partial charge in [-0.1, -0.05) is 28.9 Å². The number of methoxy groups -OCH3 is 1. The molecule has 134 valence electrons. The van der Waals surface area contributed by atoms with Crippen molar-refractivity contribution in [1.29, 1.82) is 0 Å². The van der Waals surface area contributed by atoms with Gasteiger partial charge in [0.25, 0.3) is 5.91 Å². The van der Waals surface area contributed by atoms with Crippen molar-refractivity contribution in [2.75, 3.05) is 26.7 Å². The summed E-state index contributed by atoms with van der Waals surface area (Å²) in [6.45, 7) is 2.25. The van der Waals surface area contributed by atoms with Crippen molar-refractivity contribution < 1.29 is 9.53 Å². The number of amides is 1. The van der Waals surface area contributed by atoms with E-state index < -0.39 is 0 Å². The number of benzene rings is 1. The fraction of sp³-hybridized carbons (Fsp3) is 0.471. The van der Waals surface area contributed by atoms with Gasteiger partial charge in [-0.3, -0.25) is 4.79 Å². The first-order valence-electron chi connectivity index (χ1n) is 8.36. The predicted molar refractivity (Wildman–Crippen MR) is 94.7 cm³/mol. The minimum Gasteiger partial charge on any atom is -0.375 e. The first-order valence-corrected chi connectivity index (χ1v) is 8.74. The number of carbonyl (C=O) groups excluding carboxylic acids is 1. The summed E-state index contributed by atoms with van der Waals surface area (Å²) in [6.07, 6.45) is 3.42. The molecule has 0 saturated carbocycles. The zero-order chi connectivity index (χ0) is 17.6. The number of aromatic nitrogens is 3. The number of carbonyl (C=O) groups is 1. The zero-order valence-corrected chi connectivity index (χ0v) is 14.9. The second kappa shape index (κ2) is 8.42. The van der Waals surface area contributed by atoms with Crippen LogP contribution in [0.25, 0.3) is 0 Å². The van der Waals surface area contributed by atoms with Gasteiger partial charge in [-0.25, -0.2) is 4.68 Å². The van der Waals surface area contributed by atoms with Crippen LogP contribution in [0.3, 0.4) is 0 Å². The number of nitrogens with zero attached hydrogens (tertiary/aromatic N) is 3. The van der Waals surface area contributed by atoms with Crippen molar-refractivity contribution in [2.24, 2.45) is 0 Å². The number of piperidine rings is 1. The van der Waals surface area contributed by atoms with Gasteiger partial charge in [-0.15, -0.1) is 5.10 Å². The molecular formula is C17H22ClN5O2. The summed E-state index contributed by atoms with van der Waals surface area (Å²) >= 11 is 6.01. The summed E-state index contributed by atoms with van der Waals surface area (Å²) in [7, 11) is 1.60. The van der Waals surface area contributed by atoms with Gasteiger partial charge in [0.2, 0.25) is 0 Å². The number of ether oxygens (including phenoxy) is 1. The Balaban J connectivity index is 1.59. The lowest BCUT2D eigenvalue weighted by atomic mass is 10.1. The lowest BCUT2D eigenvalue weighted by Crippen LogP contribution is -2.30. The second-order valence-electron chi connectivity index (χ2n) is 6.05. The number of hydrogen-bond donors (Lipinski definition) is 2. The summed E-state index contributed by atoms with van der Waals surface area (Å²) < 4.78 is 7.25. The van der Waals surface area contributed by atoms with Crippen LogP contribution in [0.5, 0.6) is 0 Å². The van der Waals surface area contributed by atoms with Crippen molar-refractivity contribution >= 4 is 17.5 Å². The summed E-state index contributed by atoms with van der Waals surface area (Å²) in [4.78, 5) is 12.3. The SMILES string of the molecule is COC(CNC(=O)c1cn(C2CCNCC2)nn1)c1cccc(Cl)c1. The number of hydrogen-bond acceptors (Lipinski definition) is 5. The molecule has 1 aliphatic rings. The van der Waals surface area contributed by atoms with Crippen molar-refractivity contribution in [1.82, 2.24) is 25.6 Å². The molecule has 1 atom stereocenters. The first kappa shape index (κ1) is 17.8. The van der Waals surface area contributed by atoms with Gasteiger partial charge in [0.1, 0.15) is 0 Å². The normalized spacial score (nSPS) is 16.6. The van der Waals surface area contributed by atoms with E-state index in [9.17, 15) is 4.79 Å². The van der Waals surface area contributed by atoms with Gasteiger partial charge in [-0.05, 0) is 43.6 Å². The van der Waals surface area contributed by atoms with Gasteiger partial charge in [0.15, 0.2) is 5.69 Å². The van der Waals surface area contributed by atoms with Crippen LogP contribution in [-0.2, 0) is 4.74 Å². The second-order valence-corrected chi connectivity index (χ2v) is 6.49. The Bertz CT molecular complexity index is 715. The van der Waals surface area contributed by atoms with Crippen LogP contribution in [0.4, 0.5) is 0 Å². The van der Waals surface area contributed by atoms with Crippen LogP contribution < -0.4 is 10.6 Å². The molecule has 3 rings (SSSR count). The largest absolute Gasteiger partial charge is 0.375 e. The van der Waals surface area contributed by atoms with Crippen LogP contribution in [-0.4, -0.2) is 47.6 Å². The summed E-state index contributed by atoms with van der Waals surface area (Å²) in [5.74, 6) is -0.260. The molecule has 0 spiro atoms. The molecule has 2 N–H and O–H groups in total. The standard InChI is InChI=1S/C17H22ClN5O2/c1-25-16(12-3-2-4-13(18)9-12)10-20-17(24)15-11-23(22-21-15)14-5-7-19-8-6-14/h2-4,9,11,14,16,19H,5-8,10H2,1H3,(H,20,24). The highest BCUT2D eigenvalue weighted by atomic mass is 35.5. The molecule has 0 radical (unpaired) electrons. The highest BCUT2D eigenvalue weighted by molar-refractivity contribution is 6.30. The molecule has 1 aliphatic heterocycles. The third-order valence-electron chi connectivity index (χ3n) is 4.38. The van der Waals surface area contributed by atoms with Gasteiger partial charge in [0, 0.05) is 18.7 Å². The fourth-order valence-corrected chi connectivity index (χ4v) is 3.15. The van der Waals surface area contributed by atoms with E-state index in [2.05, 4.69) is 20.9 Å². The van der Waals surface area contributed by atoms with Gasteiger partial charge in [-0.2, -0.15) is 0 Å². The molecule has 25 heavy (non-hydrogen) atoms. The summed E-state index contributed by atoms with van der Waals surface area (Å²) in [5, 5.41) is 14.9. The van der Waals surface area contributed by atoms with Crippen LogP contribution >= 0.6 is 11.6 Å². The number of nitrogens with one attached hydrogen (secondary N) is 2. The molecule has 1 saturated heterocycles. The molecule has 1 fully saturated rings. The van der Waals surface area contributed by atoms with E-state index in [1.54, 1.807) is 24.1 Å². The van der Waals surface area contributed by atoms with Crippen LogP contribution in [0.1, 0.15) is 41.0 Å². The molecular weight excluding hydrogens is 342 g/mol. The lowest BCUT2D eigenvalue weighted by molar-refractivity contribution is 0.0824. The molecule has 8 heteroatoms. The maximum atomic E-state index is 12.3. The zero-order valence-electron chi connectivity index (χ0n) is 14.1. The smallest absolute Gasteiger partial charge is 0.273 e. The van der Waals surface area contributed by atoms with E-state index in [-0.39, 0.29) is 12.0 Å². The third-order valence-corrected chi connectivity index (χ3v) is 4.61. The monoisotopic (exact) mass is 363 g/mol. The Morgan fingerprint density at radius 3 is 3.00 bits per heavy atom. The Morgan fingerprint density at radius 1 is 1.48 bits per heavy atom. The number of halogens is 1. The van der Waals surface area contributed by atoms with Crippen LogP contribution in [0.15, 0.2) is 30.5 Å². The average molecular weight is 364 g/mol. The van der Waals surface area contributed by atoms with Crippen molar-refractivity contribution in [3.8, 4) is 0 Å².